The van der Waals surface area contributed by atoms with Gasteiger partial charge in [-0.05, 0) is 53.2 Å². The van der Waals surface area contributed by atoms with E-state index in [0.717, 1.165) is 10.8 Å². The minimum atomic E-state index is 0.453. The standard InChI is InChI=1S/C16H18N4S2/c1-10(2)12-6-4-5-7-13(12)17-15-18-16(20-19-15)22-14-11(3)8-9-21-14/h4-10H,1-3H3,(H2,17,18,19,20). The summed E-state index contributed by atoms with van der Waals surface area (Å²) in [6.07, 6.45) is 0. The Bertz CT molecular complexity index is 761. The molecule has 0 atom stereocenters. The van der Waals surface area contributed by atoms with Crippen LogP contribution in [0.5, 0.6) is 0 Å². The molecule has 0 radical (unpaired) electrons. The summed E-state index contributed by atoms with van der Waals surface area (Å²) in [5.41, 5.74) is 3.60. The predicted octanol–water partition coefficient (Wildman–Crippen LogP) is 5.19. The van der Waals surface area contributed by atoms with Crippen molar-refractivity contribution < 1.29 is 0 Å². The third-order valence-corrected chi connectivity index (χ3v) is 5.52. The first-order valence-corrected chi connectivity index (χ1v) is 8.83. The van der Waals surface area contributed by atoms with E-state index in [4.69, 9.17) is 0 Å². The summed E-state index contributed by atoms with van der Waals surface area (Å²) in [6.45, 7) is 6.47. The highest BCUT2D eigenvalue weighted by molar-refractivity contribution is 8.01. The maximum atomic E-state index is 4.51. The predicted molar refractivity (Wildman–Crippen MR) is 93.4 cm³/mol. The molecule has 6 heteroatoms. The van der Waals surface area contributed by atoms with Crippen LogP contribution in [0, 0.1) is 6.92 Å². The molecule has 0 unspecified atom stereocenters. The number of hydrogen-bond donors (Lipinski definition) is 2. The average Bonchev–Trinajstić information content (AvgIpc) is 3.10. The van der Waals surface area contributed by atoms with Crippen molar-refractivity contribution in [2.75, 3.05) is 5.32 Å². The number of para-hydroxylation sites is 1. The maximum absolute atomic E-state index is 4.51. The summed E-state index contributed by atoms with van der Waals surface area (Å²) < 4.78 is 1.23. The van der Waals surface area contributed by atoms with Gasteiger partial charge in [0, 0.05) is 5.69 Å². The van der Waals surface area contributed by atoms with Gasteiger partial charge in [0.1, 0.15) is 0 Å². The molecule has 0 saturated carbocycles. The summed E-state index contributed by atoms with van der Waals surface area (Å²) in [5.74, 6) is 1.12. The third kappa shape index (κ3) is 3.34. The van der Waals surface area contributed by atoms with Gasteiger partial charge >= 0.3 is 0 Å². The Morgan fingerprint density at radius 3 is 2.77 bits per heavy atom. The number of thiophene rings is 1. The normalized spacial score (nSPS) is 11.1. The van der Waals surface area contributed by atoms with Gasteiger partial charge in [0.2, 0.25) is 11.1 Å². The summed E-state index contributed by atoms with van der Waals surface area (Å²) >= 11 is 3.30. The highest BCUT2D eigenvalue weighted by Crippen LogP contribution is 2.33. The fourth-order valence-electron chi connectivity index (χ4n) is 2.14. The van der Waals surface area contributed by atoms with Crippen LogP contribution in [0.2, 0.25) is 0 Å². The van der Waals surface area contributed by atoms with Crippen molar-refractivity contribution in [1.82, 2.24) is 15.2 Å². The summed E-state index contributed by atoms with van der Waals surface area (Å²) in [7, 11) is 0. The fourth-order valence-corrected chi connectivity index (χ4v) is 3.99. The third-order valence-electron chi connectivity index (χ3n) is 3.30. The van der Waals surface area contributed by atoms with Crippen LogP contribution in [0.1, 0.15) is 30.9 Å². The Hall–Kier alpha value is -1.79. The average molecular weight is 330 g/mol. The van der Waals surface area contributed by atoms with Crippen LogP contribution < -0.4 is 5.32 Å². The molecule has 4 nitrogen and oxygen atoms in total. The maximum Gasteiger partial charge on any atom is 0.224 e. The topological polar surface area (TPSA) is 53.6 Å². The van der Waals surface area contributed by atoms with E-state index < -0.39 is 0 Å². The number of nitrogens with one attached hydrogen (secondary N) is 2. The molecule has 114 valence electrons. The van der Waals surface area contributed by atoms with Crippen molar-refractivity contribution in [1.29, 1.82) is 0 Å². The van der Waals surface area contributed by atoms with Crippen LogP contribution in [0.3, 0.4) is 0 Å². The molecule has 1 aromatic carbocycles. The molecule has 0 amide bonds. The van der Waals surface area contributed by atoms with Gasteiger partial charge in [-0.3, -0.25) is 0 Å². The molecule has 2 N–H and O–H groups in total. The second kappa shape index (κ2) is 6.54. The SMILES string of the molecule is Cc1ccsc1Sc1n[nH]c(Nc2ccccc2C(C)C)n1. The molecule has 2 heterocycles. The van der Waals surface area contributed by atoms with Gasteiger partial charge in [-0.15, -0.1) is 16.4 Å². The van der Waals surface area contributed by atoms with E-state index in [-0.39, 0.29) is 0 Å². The Balaban J connectivity index is 1.76. The molecule has 0 aliphatic heterocycles. The zero-order chi connectivity index (χ0) is 15.5. The van der Waals surface area contributed by atoms with Crippen molar-refractivity contribution in [2.45, 2.75) is 36.1 Å². The number of H-pyrrole nitrogens is 1. The van der Waals surface area contributed by atoms with E-state index in [1.807, 2.05) is 6.07 Å². The lowest BCUT2D eigenvalue weighted by atomic mass is 10.0. The molecule has 0 aliphatic rings. The molecule has 3 aromatic rings. The van der Waals surface area contributed by atoms with Gasteiger partial charge in [0.15, 0.2) is 0 Å². The zero-order valence-corrected chi connectivity index (χ0v) is 14.4. The first kappa shape index (κ1) is 15.1. The fraction of sp³-hybridized carbons (Fsp3) is 0.250. The Morgan fingerprint density at radius 1 is 1.23 bits per heavy atom. The van der Waals surface area contributed by atoms with E-state index in [1.165, 1.54) is 15.3 Å². The number of aromatic amines is 1. The second-order valence-corrected chi connectivity index (χ2v) is 7.48. The molecule has 3 rings (SSSR count). The van der Waals surface area contributed by atoms with Gasteiger partial charge in [0.25, 0.3) is 0 Å². The molecule has 0 fully saturated rings. The highest BCUT2D eigenvalue weighted by atomic mass is 32.2. The molecule has 0 bridgehead atoms. The zero-order valence-electron chi connectivity index (χ0n) is 12.8. The highest BCUT2D eigenvalue weighted by Gasteiger charge is 2.10. The molecular formula is C16H18N4S2. The van der Waals surface area contributed by atoms with Gasteiger partial charge in [0.05, 0.1) is 4.21 Å². The van der Waals surface area contributed by atoms with Crippen molar-refractivity contribution in [3.63, 3.8) is 0 Å². The second-order valence-electron chi connectivity index (χ2n) is 5.33. The summed E-state index contributed by atoms with van der Waals surface area (Å²) in [4.78, 5) is 4.51. The monoisotopic (exact) mass is 330 g/mol. The largest absolute Gasteiger partial charge is 0.324 e. The quantitative estimate of drug-likeness (QED) is 0.675. The first-order chi connectivity index (χ1) is 10.6. The van der Waals surface area contributed by atoms with Crippen LogP contribution in [0.4, 0.5) is 11.6 Å². The number of aromatic nitrogens is 3. The minimum absolute atomic E-state index is 0.453. The van der Waals surface area contributed by atoms with Crippen LogP contribution in [0.25, 0.3) is 0 Å². The molecule has 0 aliphatic carbocycles. The molecule has 0 spiro atoms. The molecule has 22 heavy (non-hydrogen) atoms. The van der Waals surface area contributed by atoms with Gasteiger partial charge in [-0.1, -0.05) is 32.0 Å². The van der Waals surface area contributed by atoms with E-state index in [9.17, 15) is 0 Å². The van der Waals surface area contributed by atoms with Crippen molar-refractivity contribution >= 4 is 34.7 Å². The Morgan fingerprint density at radius 2 is 2.05 bits per heavy atom. The first-order valence-electron chi connectivity index (χ1n) is 7.14. The van der Waals surface area contributed by atoms with Gasteiger partial charge in [-0.25, -0.2) is 5.10 Å². The van der Waals surface area contributed by atoms with Gasteiger partial charge < -0.3 is 5.32 Å². The Kier molecular flexibility index (Phi) is 4.49. The van der Waals surface area contributed by atoms with E-state index in [0.29, 0.717) is 11.9 Å². The van der Waals surface area contributed by atoms with Crippen molar-refractivity contribution in [3.8, 4) is 0 Å². The van der Waals surface area contributed by atoms with E-state index in [1.54, 1.807) is 23.1 Å². The van der Waals surface area contributed by atoms with Crippen molar-refractivity contribution in [3.05, 3.63) is 46.8 Å². The lowest BCUT2D eigenvalue weighted by Crippen LogP contribution is -1.98. The number of hydrogen-bond acceptors (Lipinski definition) is 5. The molecular weight excluding hydrogens is 312 g/mol. The number of anilines is 2. The summed E-state index contributed by atoms with van der Waals surface area (Å²) in [5, 5.41) is 13.4. The van der Waals surface area contributed by atoms with Crippen LogP contribution in [-0.2, 0) is 0 Å². The Labute approximate surface area is 138 Å². The van der Waals surface area contributed by atoms with E-state index in [2.05, 4.69) is 70.9 Å². The van der Waals surface area contributed by atoms with Gasteiger partial charge in [-0.2, -0.15) is 4.98 Å². The number of aryl methyl sites for hydroxylation is 1. The lowest BCUT2D eigenvalue weighted by Gasteiger charge is -2.12. The smallest absolute Gasteiger partial charge is 0.224 e. The summed E-state index contributed by atoms with van der Waals surface area (Å²) in [6, 6.07) is 10.4. The van der Waals surface area contributed by atoms with Crippen LogP contribution in [0.15, 0.2) is 45.1 Å². The van der Waals surface area contributed by atoms with Crippen LogP contribution >= 0.6 is 23.1 Å². The minimum Gasteiger partial charge on any atom is -0.324 e. The lowest BCUT2D eigenvalue weighted by molar-refractivity contribution is 0.868. The number of rotatable bonds is 5. The molecule has 2 aromatic heterocycles. The van der Waals surface area contributed by atoms with Crippen molar-refractivity contribution in [2.24, 2.45) is 0 Å². The number of benzene rings is 1. The number of nitrogens with zero attached hydrogens (tertiary/aromatic N) is 2. The van der Waals surface area contributed by atoms with Crippen LogP contribution in [-0.4, -0.2) is 15.2 Å². The van der Waals surface area contributed by atoms with E-state index >= 15 is 0 Å². The molecule has 0 saturated heterocycles.